The topological polar surface area (TPSA) is 86.6 Å². The molecule has 0 spiro atoms. The molecule has 1 amide bonds. The molecule has 1 aliphatic rings. The average molecular weight is 568 g/mol. The second kappa shape index (κ2) is 14.9. The minimum atomic E-state index is 0. The van der Waals surface area contributed by atoms with E-state index in [-0.39, 0.29) is 29.9 Å². The largest absolute Gasteiger partial charge is 0.357 e. The molecule has 0 atom stereocenters. The number of hydrogen-bond donors (Lipinski definition) is 3. The smallest absolute Gasteiger partial charge is 0.234 e. The van der Waals surface area contributed by atoms with Crippen LogP contribution in [0.2, 0.25) is 0 Å². The molecule has 2 heterocycles. The summed E-state index contributed by atoms with van der Waals surface area (Å²) in [7, 11) is 0. The molecule has 2 aromatic rings. The SMILES string of the molecule is CCCNC(=O)CN1CCC(NC(=NCc2nccn2Cc2ccccc2)NCC)CC1.I. The van der Waals surface area contributed by atoms with Gasteiger partial charge in [0.05, 0.1) is 6.54 Å². The van der Waals surface area contributed by atoms with Crippen LogP contribution in [0.4, 0.5) is 0 Å². The zero-order valence-corrected chi connectivity index (χ0v) is 22.1. The first-order chi connectivity index (χ1) is 15.7. The number of nitrogens with one attached hydrogen (secondary N) is 3. The van der Waals surface area contributed by atoms with Gasteiger partial charge in [-0.2, -0.15) is 0 Å². The van der Waals surface area contributed by atoms with Crippen LogP contribution in [-0.2, 0) is 17.9 Å². The Kier molecular flexibility index (Phi) is 12.2. The number of aromatic nitrogens is 2. The van der Waals surface area contributed by atoms with Gasteiger partial charge in [0.15, 0.2) is 5.96 Å². The summed E-state index contributed by atoms with van der Waals surface area (Å²) in [6.45, 7) is 9.33. The number of nitrogens with zero attached hydrogens (tertiary/aromatic N) is 4. The summed E-state index contributed by atoms with van der Waals surface area (Å²) in [6, 6.07) is 10.7. The fraction of sp³-hybridized carbons (Fsp3) is 0.542. The number of likely N-dealkylation sites (tertiary alicyclic amines) is 1. The number of rotatable bonds is 10. The van der Waals surface area contributed by atoms with E-state index >= 15 is 0 Å². The van der Waals surface area contributed by atoms with Crippen molar-refractivity contribution in [1.29, 1.82) is 0 Å². The summed E-state index contributed by atoms with van der Waals surface area (Å²) in [4.78, 5) is 23.5. The maximum atomic E-state index is 11.9. The van der Waals surface area contributed by atoms with Gasteiger partial charge in [0, 0.05) is 51.2 Å². The predicted molar refractivity (Wildman–Crippen MR) is 144 cm³/mol. The molecule has 0 radical (unpaired) electrons. The van der Waals surface area contributed by atoms with Gasteiger partial charge >= 0.3 is 0 Å². The van der Waals surface area contributed by atoms with Crippen LogP contribution in [0, 0.1) is 0 Å². The third-order valence-electron chi connectivity index (χ3n) is 5.59. The summed E-state index contributed by atoms with van der Waals surface area (Å²) in [5, 5.41) is 9.88. The van der Waals surface area contributed by atoms with Crippen molar-refractivity contribution in [3.8, 4) is 0 Å². The lowest BCUT2D eigenvalue weighted by atomic mass is 10.1. The lowest BCUT2D eigenvalue weighted by molar-refractivity contribution is -0.122. The highest BCUT2D eigenvalue weighted by Crippen LogP contribution is 2.10. The van der Waals surface area contributed by atoms with E-state index in [1.807, 2.05) is 18.5 Å². The number of hydrogen-bond acceptors (Lipinski definition) is 4. The van der Waals surface area contributed by atoms with Crippen molar-refractivity contribution in [3.63, 3.8) is 0 Å². The van der Waals surface area contributed by atoms with Crippen molar-refractivity contribution >= 4 is 35.8 Å². The van der Waals surface area contributed by atoms with Crippen LogP contribution in [0.1, 0.15) is 44.5 Å². The molecule has 1 aromatic carbocycles. The Bertz CT molecular complexity index is 848. The number of carbonyl (C=O) groups excluding carboxylic acids is 1. The molecule has 1 fully saturated rings. The Morgan fingerprint density at radius 1 is 1.15 bits per heavy atom. The number of benzene rings is 1. The lowest BCUT2D eigenvalue weighted by Gasteiger charge is -2.32. The quantitative estimate of drug-likeness (QED) is 0.234. The van der Waals surface area contributed by atoms with Gasteiger partial charge in [0.25, 0.3) is 0 Å². The summed E-state index contributed by atoms with van der Waals surface area (Å²) >= 11 is 0. The third-order valence-corrected chi connectivity index (χ3v) is 5.59. The molecule has 0 unspecified atom stereocenters. The van der Waals surface area contributed by atoms with Crippen LogP contribution >= 0.6 is 24.0 Å². The van der Waals surface area contributed by atoms with Crippen LogP contribution in [0.25, 0.3) is 0 Å². The molecule has 3 N–H and O–H groups in total. The van der Waals surface area contributed by atoms with Crippen molar-refractivity contribution in [2.24, 2.45) is 4.99 Å². The number of carbonyl (C=O) groups is 1. The first kappa shape index (κ1) is 27.1. The first-order valence-electron chi connectivity index (χ1n) is 11.8. The number of aliphatic imine (C=N–C) groups is 1. The zero-order chi connectivity index (χ0) is 22.6. The van der Waals surface area contributed by atoms with Gasteiger partial charge in [0.1, 0.15) is 12.4 Å². The minimum absolute atomic E-state index is 0. The second-order valence-electron chi connectivity index (χ2n) is 8.20. The molecular weight excluding hydrogens is 529 g/mol. The zero-order valence-electron chi connectivity index (χ0n) is 19.8. The van der Waals surface area contributed by atoms with Gasteiger partial charge in [-0.25, -0.2) is 9.98 Å². The van der Waals surface area contributed by atoms with E-state index in [1.54, 1.807) is 0 Å². The summed E-state index contributed by atoms with van der Waals surface area (Å²) in [5.74, 6) is 1.89. The van der Waals surface area contributed by atoms with Gasteiger partial charge in [-0.15, -0.1) is 24.0 Å². The van der Waals surface area contributed by atoms with E-state index in [2.05, 4.69) is 68.5 Å². The van der Waals surface area contributed by atoms with Gasteiger partial charge in [0.2, 0.25) is 5.91 Å². The first-order valence-corrected chi connectivity index (χ1v) is 11.8. The van der Waals surface area contributed by atoms with E-state index in [4.69, 9.17) is 4.99 Å². The van der Waals surface area contributed by atoms with Crippen molar-refractivity contribution in [1.82, 2.24) is 30.4 Å². The predicted octanol–water partition coefficient (Wildman–Crippen LogP) is 2.60. The molecule has 1 aromatic heterocycles. The number of amides is 1. The van der Waals surface area contributed by atoms with Crippen LogP contribution in [0.3, 0.4) is 0 Å². The standard InChI is InChI=1S/C24H37N7O.HI/c1-3-12-27-23(32)19-30-14-10-21(11-15-30)29-24(25-4-2)28-17-22-26-13-16-31(22)18-20-8-6-5-7-9-20;/h5-9,13,16,21H,3-4,10-12,14-15,17-19H2,1-2H3,(H,27,32)(H2,25,28,29);1H. The fourth-order valence-electron chi connectivity index (χ4n) is 3.84. The highest BCUT2D eigenvalue weighted by Gasteiger charge is 2.21. The molecule has 182 valence electrons. The Balaban J connectivity index is 0.00000385. The molecule has 3 rings (SSSR count). The molecule has 0 aliphatic carbocycles. The number of halogens is 1. The van der Waals surface area contributed by atoms with Crippen LogP contribution in [0.5, 0.6) is 0 Å². The molecule has 1 saturated heterocycles. The average Bonchev–Trinajstić information content (AvgIpc) is 3.25. The van der Waals surface area contributed by atoms with Crippen LogP contribution in [-0.4, -0.2) is 65.1 Å². The third kappa shape index (κ3) is 9.32. The van der Waals surface area contributed by atoms with E-state index in [0.717, 1.165) is 63.8 Å². The maximum absolute atomic E-state index is 11.9. The Morgan fingerprint density at radius 2 is 1.91 bits per heavy atom. The minimum Gasteiger partial charge on any atom is -0.357 e. The van der Waals surface area contributed by atoms with Crippen LogP contribution in [0.15, 0.2) is 47.7 Å². The van der Waals surface area contributed by atoms with E-state index in [9.17, 15) is 4.79 Å². The second-order valence-corrected chi connectivity index (χ2v) is 8.20. The molecule has 9 heteroatoms. The Hall–Kier alpha value is -2.14. The number of piperidine rings is 1. The number of guanidine groups is 1. The highest BCUT2D eigenvalue weighted by atomic mass is 127. The molecule has 0 bridgehead atoms. The van der Waals surface area contributed by atoms with Crippen molar-refractivity contribution in [2.75, 3.05) is 32.7 Å². The van der Waals surface area contributed by atoms with E-state index in [1.165, 1.54) is 5.56 Å². The lowest BCUT2D eigenvalue weighted by Crippen LogP contribution is -2.50. The van der Waals surface area contributed by atoms with E-state index < -0.39 is 0 Å². The van der Waals surface area contributed by atoms with Gasteiger partial charge < -0.3 is 20.5 Å². The fourth-order valence-corrected chi connectivity index (χ4v) is 3.84. The summed E-state index contributed by atoms with van der Waals surface area (Å²) in [5.41, 5.74) is 1.25. The highest BCUT2D eigenvalue weighted by molar-refractivity contribution is 14.0. The molecule has 0 saturated carbocycles. The van der Waals surface area contributed by atoms with E-state index in [0.29, 0.717) is 19.1 Å². The number of imidazole rings is 1. The van der Waals surface area contributed by atoms with Crippen LogP contribution < -0.4 is 16.0 Å². The maximum Gasteiger partial charge on any atom is 0.234 e. The van der Waals surface area contributed by atoms with Gasteiger partial charge in [-0.3, -0.25) is 9.69 Å². The molecule has 33 heavy (non-hydrogen) atoms. The Morgan fingerprint density at radius 3 is 2.61 bits per heavy atom. The van der Waals surface area contributed by atoms with Crippen molar-refractivity contribution < 1.29 is 4.79 Å². The normalized spacial score (nSPS) is 15.0. The molecule has 1 aliphatic heterocycles. The summed E-state index contributed by atoms with van der Waals surface area (Å²) in [6.07, 6.45) is 6.80. The van der Waals surface area contributed by atoms with Crippen molar-refractivity contribution in [3.05, 3.63) is 54.1 Å². The molecular formula is C24H38IN7O. The molecule has 8 nitrogen and oxygen atoms in total. The summed E-state index contributed by atoms with van der Waals surface area (Å²) < 4.78 is 2.14. The van der Waals surface area contributed by atoms with Crippen molar-refractivity contribution in [2.45, 2.75) is 52.2 Å². The monoisotopic (exact) mass is 567 g/mol. The van der Waals surface area contributed by atoms with Gasteiger partial charge in [-0.05, 0) is 31.7 Å². The Labute approximate surface area is 214 Å². The van der Waals surface area contributed by atoms with Gasteiger partial charge in [-0.1, -0.05) is 37.3 Å².